The predicted molar refractivity (Wildman–Crippen MR) is 176 cm³/mol. The standard InChI is InChI=1S/C31H38N2P2Si2.2ClH.Hf/c1-36(2,3)32-34(28-19-11-7-12-20-28,29-21-13-8-14-22-29)27-35(33-37(4,5)6,30-23-15-9-16-24-30)31-25-17-10-18-26-31;;;/h7-26H,1-6H3;2*1H;/p-2. The Labute approximate surface area is 275 Å². The molecule has 4 aromatic carbocycles. The molecule has 4 aromatic rings. The molecule has 0 heterocycles. The van der Waals surface area contributed by atoms with E-state index in [1.165, 1.54) is 21.2 Å². The van der Waals surface area contributed by atoms with Gasteiger partial charge in [-0.15, -0.1) is 0 Å². The summed E-state index contributed by atoms with van der Waals surface area (Å²) in [6.45, 7) is 14.1. The average Bonchev–Trinajstić information content (AvgIpc) is 2.88. The maximum Gasteiger partial charge on any atom is 0.265 e. The Hall–Kier alpha value is -0.836. The van der Waals surface area contributed by atoms with Gasteiger partial charge in [-0.2, -0.15) is 0 Å². The van der Waals surface area contributed by atoms with Gasteiger partial charge in [0.2, 0.25) is 5.54 Å². The van der Waals surface area contributed by atoms with E-state index in [1.54, 1.807) is 0 Å². The number of hydrogen-bond donors (Lipinski definition) is 0. The van der Waals surface area contributed by atoms with E-state index in [-0.39, 0.29) is 50.7 Å². The Morgan fingerprint density at radius 2 is 0.825 bits per heavy atom. The molecule has 0 fully saturated rings. The molecule has 0 saturated carbocycles. The van der Waals surface area contributed by atoms with Crippen LogP contribution in [0.3, 0.4) is 0 Å². The molecule has 0 unspecified atom stereocenters. The average molecular weight is 806 g/mol. The Balaban J connectivity index is 0.00000267. The van der Waals surface area contributed by atoms with Gasteiger partial charge in [-0.05, 0) is 43.9 Å². The zero-order valence-corrected chi connectivity index (χ0v) is 33.0. The van der Waals surface area contributed by atoms with Gasteiger partial charge in [0.05, 0.1) is 7.04 Å². The van der Waals surface area contributed by atoms with Crippen LogP contribution in [0.25, 0.3) is 4.75 Å². The fourth-order valence-corrected chi connectivity index (χ4v) is 21.2. The van der Waals surface area contributed by atoms with Crippen LogP contribution in [0, 0.1) is 0 Å². The van der Waals surface area contributed by atoms with Crippen molar-refractivity contribution in [2.24, 2.45) is 4.41 Å². The minimum absolute atomic E-state index is 0. The molecule has 9 heteroatoms. The van der Waals surface area contributed by atoms with E-state index < -0.39 is 30.6 Å². The summed E-state index contributed by atoms with van der Waals surface area (Å²) in [6.07, 6.45) is 0. The number of nitrogens with zero attached hydrogens (tertiary/aromatic N) is 2. The Kier molecular flexibility index (Phi) is 14.5. The van der Waals surface area contributed by atoms with Crippen LogP contribution >= 0.6 is 14.1 Å². The molecule has 0 N–H and O–H groups in total. The van der Waals surface area contributed by atoms with Crippen LogP contribution in [0.15, 0.2) is 126 Å². The molecule has 0 aliphatic rings. The first-order valence-corrected chi connectivity index (χ1v) is 23.2. The first-order valence-electron chi connectivity index (χ1n) is 12.8. The van der Waals surface area contributed by atoms with Gasteiger partial charge in [0.1, 0.15) is 0 Å². The minimum atomic E-state index is -2.45. The summed E-state index contributed by atoms with van der Waals surface area (Å²) in [5.41, 5.74) is 4.42. The molecule has 0 aliphatic heterocycles. The van der Waals surface area contributed by atoms with E-state index in [4.69, 9.17) is 9.16 Å². The maximum atomic E-state index is 5.87. The third kappa shape index (κ3) is 9.08. The van der Waals surface area contributed by atoms with Crippen molar-refractivity contribution in [3.05, 3.63) is 126 Å². The summed E-state index contributed by atoms with van der Waals surface area (Å²) >= 11 is 0. The second kappa shape index (κ2) is 15.6. The van der Waals surface area contributed by atoms with Gasteiger partial charge < -0.3 is 29.6 Å². The smallest absolute Gasteiger partial charge is 0.265 e. The first kappa shape index (κ1) is 37.2. The second-order valence-electron chi connectivity index (χ2n) is 11.3. The molecule has 0 atom stereocenters. The molecular formula is C31H38Cl2HfN2P2Si2-2. The van der Waals surface area contributed by atoms with Crippen molar-refractivity contribution in [3.8, 4) is 0 Å². The summed E-state index contributed by atoms with van der Waals surface area (Å²) in [4.78, 5) is 0. The van der Waals surface area contributed by atoms with Crippen molar-refractivity contribution in [2.45, 2.75) is 39.3 Å². The molecule has 0 spiro atoms. The Morgan fingerprint density at radius 3 is 1.10 bits per heavy atom. The van der Waals surface area contributed by atoms with Crippen molar-refractivity contribution in [1.82, 2.24) is 0 Å². The van der Waals surface area contributed by atoms with Crippen molar-refractivity contribution in [3.63, 3.8) is 0 Å². The van der Waals surface area contributed by atoms with Crippen LogP contribution in [-0.2, 0) is 25.8 Å². The number of rotatable bonds is 8. The predicted octanol–water partition coefficient (Wildman–Crippen LogP) is 2.11. The number of benzene rings is 4. The van der Waals surface area contributed by atoms with Crippen molar-refractivity contribution >= 4 is 57.3 Å². The monoisotopic (exact) mass is 806 g/mol. The van der Waals surface area contributed by atoms with Crippen LogP contribution in [0.5, 0.6) is 0 Å². The Morgan fingerprint density at radius 1 is 0.525 bits per heavy atom. The number of halogens is 2. The van der Waals surface area contributed by atoms with Crippen LogP contribution in [0.1, 0.15) is 0 Å². The maximum absolute atomic E-state index is 5.87. The molecule has 0 radical (unpaired) electrons. The fourth-order valence-electron chi connectivity index (χ4n) is 4.49. The van der Waals surface area contributed by atoms with Gasteiger partial charge >= 0.3 is 0 Å². The molecule has 0 bridgehead atoms. The van der Waals surface area contributed by atoms with Crippen LogP contribution in [0.4, 0.5) is 0 Å². The quantitative estimate of drug-likeness (QED) is 0.149. The molecule has 2 nitrogen and oxygen atoms in total. The Bertz CT molecular complexity index is 1340. The van der Waals surface area contributed by atoms with E-state index in [0.29, 0.717) is 0 Å². The van der Waals surface area contributed by atoms with Gasteiger partial charge in [0.15, 0.2) is 8.24 Å². The van der Waals surface area contributed by atoms with Crippen molar-refractivity contribution in [2.75, 3.05) is 0 Å². The zero-order chi connectivity index (χ0) is 26.6. The largest absolute Gasteiger partial charge is 1.00 e. The van der Waals surface area contributed by atoms with Gasteiger partial charge in [0, 0.05) is 47.1 Å². The minimum Gasteiger partial charge on any atom is -1.00 e. The van der Waals surface area contributed by atoms with Gasteiger partial charge in [-0.25, -0.2) is 0 Å². The molecule has 0 aromatic heterocycles. The van der Waals surface area contributed by atoms with E-state index in [9.17, 15) is 0 Å². The number of hydrogen-bond acceptors (Lipinski definition) is 1. The van der Waals surface area contributed by atoms with E-state index in [1.807, 2.05) is 0 Å². The summed E-state index contributed by atoms with van der Waals surface area (Å²) in [5, 5.41) is 5.02. The van der Waals surface area contributed by atoms with Crippen LogP contribution < -0.4 is 46.0 Å². The topological polar surface area (TPSA) is 26.5 Å². The summed E-state index contributed by atoms with van der Waals surface area (Å²) in [7, 11) is -8.73. The molecule has 0 aliphatic carbocycles. The fraction of sp³-hybridized carbons (Fsp3) is 0.194. The SMILES string of the molecule is C[Si](C)(C)N=P([C+]=P([N-][Si](C)(C)C)(c1ccccc1)c1ccccc1)(c1ccccc1)c1ccccc1.[Cl-].[Cl-].[Hf]. The second-order valence-corrected chi connectivity index (χ2v) is 26.9. The third-order valence-corrected chi connectivity index (χ3v) is 19.4. The normalized spacial score (nSPS) is 11.7. The summed E-state index contributed by atoms with van der Waals surface area (Å²) in [5.74, 6) is 0. The third-order valence-electron chi connectivity index (χ3n) is 5.71. The van der Waals surface area contributed by atoms with E-state index in [0.717, 1.165) is 0 Å². The molecular weight excluding hydrogens is 768 g/mol. The van der Waals surface area contributed by atoms with Gasteiger partial charge in [-0.1, -0.05) is 125 Å². The van der Waals surface area contributed by atoms with Gasteiger partial charge in [-0.3, -0.25) is 4.41 Å². The van der Waals surface area contributed by atoms with Gasteiger partial charge in [0.25, 0.3) is 7.05 Å². The van der Waals surface area contributed by atoms with E-state index >= 15 is 0 Å². The van der Waals surface area contributed by atoms with Crippen LogP contribution in [-0.4, -0.2) is 22.0 Å². The van der Waals surface area contributed by atoms with E-state index in [2.05, 4.69) is 166 Å². The van der Waals surface area contributed by atoms with Crippen molar-refractivity contribution < 1.29 is 50.7 Å². The van der Waals surface area contributed by atoms with Crippen LogP contribution in [0.2, 0.25) is 39.3 Å². The summed E-state index contributed by atoms with van der Waals surface area (Å²) in [6, 6.07) is 43.7. The molecule has 0 amide bonds. The molecule has 210 valence electrons. The molecule has 4 rings (SSSR count). The first-order chi connectivity index (χ1) is 17.5. The van der Waals surface area contributed by atoms with Crippen molar-refractivity contribution in [1.29, 1.82) is 0 Å². The molecule has 0 saturated heterocycles. The summed E-state index contributed by atoms with van der Waals surface area (Å²) < 4.78 is 11.7. The molecule has 40 heavy (non-hydrogen) atoms. The zero-order valence-electron chi connectivity index (χ0n) is 24.1.